The van der Waals surface area contributed by atoms with E-state index in [0.29, 0.717) is 0 Å². The Bertz CT molecular complexity index is 120. The van der Waals surface area contributed by atoms with Crippen molar-refractivity contribution in [2.24, 2.45) is 0 Å². The minimum atomic E-state index is -0.806. The summed E-state index contributed by atoms with van der Waals surface area (Å²) in [6.07, 6.45) is -1.95. The first-order chi connectivity index (χ1) is 4.66. The number of aliphatic hydroxyl groups is 2. The van der Waals surface area contributed by atoms with Crippen LogP contribution in [-0.2, 0) is 4.74 Å². The fourth-order valence-corrected chi connectivity index (χ4v) is 1.14. The first kappa shape index (κ1) is 7.94. The van der Waals surface area contributed by atoms with E-state index in [1.54, 1.807) is 6.92 Å². The third kappa shape index (κ3) is 1.15. The molecule has 0 amide bonds. The van der Waals surface area contributed by atoms with Crippen LogP contribution in [0.3, 0.4) is 0 Å². The fourth-order valence-electron chi connectivity index (χ4n) is 1.14. The zero-order valence-electron chi connectivity index (χ0n) is 6.11. The Labute approximate surface area is 59.8 Å². The van der Waals surface area contributed by atoms with E-state index in [1.807, 2.05) is 0 Å². The largest absolute Gasteiger partial charge is 0.389 e. The SMILES string of the molecule is CO[C@H]1N[C@H](C)C(O)[C@@H]1O. The minimum Gasteiger partial charge on any atom is -0.389 e. The summed E-state index contributed by atoms with van der Waals surface area (Å²) in [5.41, 5.74) is 0. The average Bonchev–Trinajstić information content (AvgIpc) is 2.17. The van der Waals surface area contributed by atoms with Gasteiger partial charge in [0.05, 0.1) is 6.10 Å². The van der Waals surface area contributed by atoms with Crippen molar-refractivity contribution < 1.29 is 14.9 Å². The Kier molecular flexibility index (Phi) is 2.25. The summed E-state index contributed by atoms with van der Waals surface area (Å²) in [6, 6.07) is -0.0973. The van der Waals surface area contributed by atoms with Gasteiger partial charge in [-0.2, -0.15) is 0 Å². The van der Waals surface area contributed by atoms with Gasteiger partial charge in [-0.25, -0.2) is 0 Å². The van der Waals surface area contributed by atoms with Crippen LogP contribution in [0.25, 0.3) is 0 Å². The van der Waals surface area contributed by atoms with E-state index in [9.17, 15) is 10.2 Å². The van der Waals surface area contributed by atoms with Gasteiger partial charge >= 0.3 is 0 Å². The van der Waals surface area contributed by atoms with Crippen LogP contribution >= 0.6 is 0 Å². The van der Waals surface area contributed by atoms with Gasteiger partial charge in [-0.15, -0.1) is 0 Å². The second-order valence-corrected chi connectivity index (χ2v) is 2.59. The molecule has 1 saturated heterocycles. The highest BCUT2D eigenvalue weighted by Crippen LogP contribution is 2.13. The minimum absolute atomic E-state index is 0.0973. The second kappa shape index (κ2) is 2.84. The van der Waals surface area contributed by atoms with Gasteiger partial charge in [-0.05, 0) is 6.92 Å². The number of hydrogen-bond donors (Lipinski definition) is 3. The molecule has 4 atom stereocenters. The number of hydrogen-bond acceptors (Lipinski definition) is 4. The highest BCUT2D eigenvalue weighted by atomic mass is 16.5. The van der Waals surface area contributed by atoms with Crippen LogP contribution in [0.5, 0.6) is 0 Å². The van der Waals surface area contributed by atoms with Gasteiger partial charge in [0, 0.05) is 13.2 Å². The Hall–Kier alpha value is -0.160. The quantitative estimate of drug-likeness (QED) is 0.430. The van der Waals surface area contributed by atoms with Gasteiger partial charge in [0.15, 0.2) is 0 Å². The van der Waals surface area contributed by atoms with Gasteiger partial charge in [0.2, 0.25) is 0 Å². The predicted octanol–water partition coefficient (Wildman–Crippen LogP) is -1.33. The first-order valence-electron chi connectivity index (χ1n) is 3.32. The molecule has 4 heteroatoms. The topological polar surface area (TPSA) is 61.7 Å². The molecule has 1 rings (SSSR count). The fraction of sp³-hybridized carbons (Fsp3) is 1.00. The Morgan fingerprint density at radius 3 is 2.10 bits per heavy atom. The van der Waals surface area contributed by atoms with Crippen molar-refractivity contribution in [3.8, 4) is 0 Å². The molecule has 1 heterocycles. The van der Waals surface area contributed by atoms with Crippen molar-refractivity contribution in [1.82, 2.24) is 5.32 Å². The summed E-state index contributed by atoms with van der Waals surface area (Å²) < 4.78 is 4.84. The van der Waals surface area contributed by atoms with E-state index in [-0.39, 0.29) is 6.04 Å². The van der Waals surface area contributed by atoms with Gasteiger partial charge < -0.3 is 14.9 Å². The van der Waals surface area contributed by atoms with Crippen LogP contribution in [-0.4, -0.2) is 41.8 Å². The molecule has 3 N–H and O–H groups in total. The molecule has 1 aliphatic rings. The van der Waals surface area contributed by atoms with Crippen LogP contribution in [0.15, 0.2) is 0 Å². The molecule has 1 fully saturated rings. The molecule has 0 aromatic carbocycles. The summed E-state index contributed by atoms with van der Waals surface area (Å²) in [7, 11) is 1.49. The Morgan fingerprint density at radius 2 is 1.90 bits per heavy atom. The molecule has 0 aliphatic carbocycles. The maximum atomic E-state index is 9.19. The molecular weight excluding hydrogens is 134 g/mol. The lowest BCUT2D eigenvalue weighted by Gasteiger charge is -2.12. The van der Waals surface area contributed by atoms with E-state index in [2.05, 4.69) is 5.32 Å². The molecule has 60 valence electrons. The lowest BCUT2D eigenvalue weighted by atomic mass is 10.2. The molecule has 1 unspecified atom stereocenters. The highest BCUT2D eigenvalue weighted by Gasteiger charge is 2.38. The van der Waals surface area contributed by atoms with E-state index < -0.39 is 18.4 Å². The molecule has 0 aromatic heterocycles. The van der Waals surface area contributed by atoms with Gasteiger partial charge in [0.1, 0.15) is 12.3 Å². The van der Waals surface area contributed by atoms with Crippen molar-refractivity contribution >= 4 is 0 Å². The molecule has 0 spiro atoms. The second-order valence-electron chi connectivity index (χ2n) is 2.59. The number of methoxy groups -OCH3 is 1. The summed E-state index contributed by atoms with van der Waals surface area (Å²) in [5, 5.41) is 21.2. The molecular formula is C6H13NO3. The summed E-state index contributed by atoms with van der Waals surface area (Å²) in [4.78, 5) is 0. The standard InChI is InChI=1S/C6H13NO3/c1-3-4(8)5(9)6(7-3)10-2/h3-9H,1-2H3/t3-,4?,5+,6-/m1/s1. The molecule has 0 saturated carbocycles. The average molecular weight is 147 g/mol. The van der Waals surface area contributed by atoms with E-state index >= 15 is 0 Å². The molecule has 1 aliphatic heterocycles. The van der Waals surface area contributed by atoms with Crippen LogP contribution in [0.1, 0.15) is 6.92 Å². The summed E-state index contributed by atoms with van der Waals surface area (Å²) >= 11 is 0. The monoisotopic (exact) mass is 147 g/mol. The van der Waals surface area contributed by atoms with Crippen LogP contribution in [0.4, 0.5) is 0 Å². The van der Waals surface area contributed by atoms with Crippen LogP contribution < -0.4 is 5.32 Å². The van der Waals surface area contributed by atoms with E-state index in [4.69, 9.17) is 4.74 Å². The van der Waals surface area contributed by atoms with Crippen LogP contribution in [0, 0.1) is 0 Å². The van der Waals surface area contributed by atoms with Gasteiger partial charge in [-0.1, -0.05) is 0 Å². The normalized spacial score (nSPS) is 48.0. The van der Waals surface area contributed by atoms with Crippen molar-refractivity contribution in [3.05, 3.63) is 0 Å². The molecule has 0 radical (unpaired) electrons. The zero-order chi connectivity index (χ0) is 7.72. The van der Waals surface area contributed by atoms with Crippen molar-refractivity contribution in [2.45, 2.75) is 31.4 Å². The maximum Gasteiger partial charge on any atom is 0.136 e. The third-order valence-electron chi connectivity index (χ3n) is 1.85. The van der Waals surface area contributed by atoms with E-state index in [0.717, 1.165) is 0 Å². The van der Waals surface area contributed by atoms with Crippen LogP contribution in [0.2, 0.25) is 0 Å². The maximum absolute atomic E-state index is 9.19. The lowest BCUT2D eigenvalue weighted by molar-refractivity contribution is -0.0424. The number of aliphatic hydroxyl groups excluding tert-OH is 2. The third-order valence-corrected chi connectivity index (χ3v) is 1.85. The predicted molar refractivity (Wildman–Crippen MR) is 35.4 cm³/mol. The number of rotatable bonds is 1. The number of nitrogens with one attached hydrogen (secondary N) is 1. The smallest absolute Gasteiger partial charge is 0.136 e. The highest BCUT2D eigenvalue weighted by molar-refractivity contribution is 4.91. The van der Waals surface area contributed by atoms with E-state index in [1.165, 1.54) is 7.11 Å². The molecule has 0 aromatic rings. The van der Waals surface area contributed by atoms with Gasteiger partial charge in [0.25, 0.3) is 0 Å². The molecule has 10 heavy (non-hydrogen) atoms. The van der Waals surface area contributed by atoms with Crippen molar-refractivity contribution in [1.29, 1.82) is 0 Å². The summed E-state index contributed by atoms with van der Waals surface area (Å²) in [5.74, 6) is 0. The molecule has 4 nitrogen and oxygen atoms in total. The summed E-state index contributed by atoms with van der Waals surface area (Å²) in [6.45, 7) is 1.80. The Balaban J connectivity index is 2.53. The Morgan fingerprint density at radius 1 is 1.30 bits per heavy atom. The first-order valence-corrected chi connectivity index (χ1v) is 3.32. The van der Waals surface area contributed by atoms with Crippen molar-refractivity contribution in [2.75, 3.05) is 7.11 Å². The van der Waals surface area contributed by atoms with Crippen molar-refractivity contribution in [3.63, 3.8) is 0 Å². The lowest BCUT2D eigenvalue weighted by Crippen LogP contribution is -2.34. The number of ether oxygens (including phenoxy) is 1. The zero-order valence-corrected chi connectivity index (χ0v) is 6.11. The molecule has 0 bridgehead atoms. The van der Waals surface area contributed by atoms with Gasteiger partial charge in [-0.3, -0.25) is 5.32 Å².